The first kappa shape index (κ1) is 16.5. The molecule has 0 aliphatic heterocycles. The quantitative estimate of drug-likeness (QED) is 0.667. The number of amides is 1. The molecule has 0 aliphatic rings. The van der Waals surface area contributed by atoms with Gasteiger partial charge in [-0.1, -0.05) is 0 Å². The lowest BCUT2D eigenvalue weighted by Crippen LogP contribution is -2.12. The number of carbonyl (C=O) groups is 2. The molecule has 0 unspecified atom stereocenters. The van der Waals surface area contributed by atoms with E-state index in [9.17, 15) is 9.59 Å². The summed E-state index contributed by atoms with van der Waals surface area (Å²) in [6, 6.07) is 9.90. The fourth-order valence-corrected chi connectivity index (χ4v) is 2.20. The summed E-state index contributed by atoms with van der Waals surface area (Å²) >= 11 is 0. The molecule has 0 aliphatic carbocycles. The molecule has 1 aromatic carbocycles. The zero-order valence-electron chi connectivity index (χ0n) is 13.3. The molecule has 0 radical (unpaired) electrons. The van der Waals surface area contributed by atoms with Crippen molar-refractivity contribution in [2.75, 3.05) is 19.2 Å². The van der Waals surface area contributed by atoms with Crippen molar-refractivity contribution < 1.29 is 24.2 Å². The Morgan fingerprint density at radius 3 is 2.60 bits per heavy atom. The highest BCUT2D eigenvalue weighted by atomic mass is 16.7. The minimum Gasteiger partial charge on any atom is -0.476 e. The van der Waals surface area contributed by atoms with Crippen molar-refractivity contribution in [3.05, 3.63) is 60.0 Å². The van der Waals surface area contributed by atoms with Crippen LogP contribution in [0.5, 0.6) is 5.75 Å². The number of imidazole rings is 1. The van der Waals surface area contributed by atoms with Crippen LogP contribution < -0.4 is 10.1 Å². The smallest absolute Gasteiger partial charge is 0.356 e. The largest absolute Gasteiger partial charge is 0.476 e. The summed E-state index contributed by atoms with van der Waals surface area (Å²) in [7, 11) is 1.53. The summed E-state index contributed by atoms with van der Waals surface area (Å²) in [4.78, 5) is 27.2. The van der Waals surface area contributed by atoms with Gasteiger partial charge in [-0.2, -0.15) is 0 Å². The van der Waals surface area contributed by atoms with Crippen molar-refractivity contribution in [1.29, 1.82) is 0 Å². The summed E-state index contributed by atoms with van der Waals surface area (Å²) in [5.41, 5.74) is 1.40. The molecular weight excluding hydrogens is 326 g/mol. The van der Waals surface area contributed by atoms with Gasteiger partial charge < -0.3 is 24.3 Å². The number of aromatic carboxylic acids is 1. The number of ether oxygens (including phenoxy) is 2. The Morgan fingerprint density at radius 2 is 1.92 bits per heavy atom. The van der Waals surface area contributed by atoms with E-state index in [4.69, 9.17) is 14.6 Å². The molecule has 8 heteroatoms. The number of anilines is 1. The van der Waals surface area contributed by atoms with Crippen LogP contribution in [0.1, 0.15) is 20.8 Å². The highest BCUT2D eigenvalue weighted by Gasteiger charge is 2.10. The number of nitrogens with zero attached hydrogens (tertiary/aromatic N) is 2. The van der Waals surface area contributed by atoms with E-state index in [0.29, 0.717) is 22.6 Å². The number of nitrogens with one attached hydrogen (secondary N) is 1. The summed E-state index contributed by atoms with van der Waals surface area (Å²) in [6.07, 6.45) is 2.98. The molecule has 0 bridgehead atoms. The van der Waals surface area contributed by atoms with Gasteiger partial charge in [0.1, 0.15) is 11.4 Å². The van der Waals surface area contributed by atoms with Crippen LogP contribution >= 0.6 is 0 Å². The van der Waals surface area contributed by atoms with Gasteiger partial charge in [-0.25, -0.2) is 9.78 Å². The lowest BCUT2D eigenvalue weighted by molar-refractivity contribution is 0.0511. The second-order valence-electron chi connectivity index (χ2n) is 5.14. The molecule has 0 spiro atoms. The van der Waals surface area contributed by atoms with E-state index in [1.165, 1.54) is 13.3 Å². The van der Waals surface area contributed by atoms with E-state index >= 15 is 0 Å². The Labute approximate surface area is 142 Å². The summed E-state index contributed by atoms with van der Waals surface area (Å²) in [6.45, 7) is 0.134. The average molecular weight is 341 g/mol. The van der Waals surface area contributed by atoms with Gasteiger partial charge in [0, 0.05) is 25.1 Å². The van der Waals surface area contributed by atoms with Crippen molar-refractivity contribution in [2.45, 2.75) is 0 Å². The number of benzene rings is 1. The molecule has 8 nitrogen and oxygen atoms in total. The van der Waals surface area contributed by atoms with Crippen LogP contribution in [-0.2, 0) is 4.74 Å². The molecule has 2 aromatic heterocycles. The van der Waals surface area contributed by atoms with E-state index in [1.807, 2.05) is 0 Å². The molecule has 3 rings (SSSR count). The molecule has 0 saturated carbocycles. The fourth-order valence-electron chi connectivity index (χ4n) is 2.20. The van der Waals surface area contributed by atoms with E-state index < -0.39 is 5.97 Å². The summed E-state index contributed by atoms with van der Waals surface area (Å²) in [5, 5.41) is 11.7. The minimum absolute atomic E-state index is 0.0601. The zero-order chi connectivity index (χ0) is 17.8. The molecule has 25 heavy (non-hydrogen) atoms. The SMILES string of the molecule is COCOc1ccc(C(=O)Nc2ccc3nc(C(=O)O)cn3c2)cc1. The third-order valence-electron chi connectivity index (χ3n) is 3.39. The number of pyridine rings is 1. The van der Waals surface area contributed by atoms with Crippen LogP contribution in [0.15, 0.2) is 48.8 Å². The fraction of sp³-hybridized carbons (Fsp3) is 0.118. The first-order valence-electron chi connectivity index (χ1n) is 7.32. The van der Waals surface area contributed by atoms with E-state index in [0.717, 1.165) is 0 Å². The van der Waals surface area contributed by atoms with Crippen molar-refractivity contribution in [3.63, 3.8) is 0 Å². The van der Waals surface area contributed by atoms with Gasteiger partial charge in [0.25, 0.3) is 5.91 Å². The Bertz CT molecular complexity index is 918. The van der Waals surface area contributed by atoms with Crippen LogP contribution in [-0.4, -0.2) is 40.3 Å². The van der Waals surface area contributed by atoms with Crippen LogP contribution in [0.4, 0.5) is 5.69 Å². The molecule has 0 fully saturated rings. The molecule has 2 N–H and O–H groups in total. The number of carboxylic acid groups (broad SMARTS) is 1. The topological polar surface area (TPSA) is 102 Å². The maximum atomic E-state index is 12.3. The number of hydrogen-bond acceptors (Lipinski definition) is 5. The lowest BCUT2D eigenvalue weighted by Gasteiger charge is -2.07. The molecule has 128 valence electrons. The Balaban J connectivity index is 1.73. The Kier molecular flexibility index (Phi) is 4.62. The van der Waals surface area contributed by atoms with E-state index in [-0.39, 0.29) is 18.4 Å². The van der Waals surface area contributed by atoms with E-state index in [1.54, 1.807) is 47.0 Å². The third kappa shape index (κ3) is 3.75. The lowest BCUT2D eigenvalue weighted by atomic mass is 10.2. The summed E-state index contributed by atoms with van der Waals surface area (Å²) < 4.78 is 11.6. The third-order valence-corrected chi connectivity index (χ3v) is 3.39. The number of carboxylic acids is 1. The van der Waals surface area contributed by atoms with Crippen LogP contribution in [0.25, 0.3) is 5.65 Å². The second kappa shape index (κ2) is 7.02. The minimum atomic E-state index is -1.11. The predicted octanol–water partition coefficient (Wildman–Crippen LogP) is 2.27. The maximum absolute atomic E-state index is 12.3. The van der Waals surface area contributed by atoms with Crippen molar-refractivity contribution in [3.8, 4) is 5.75 Å². The monoisotopic (exact) mass is 341 g/mol. The van der Waals surface area contributed by atoms with Gasteiger partial charge in [0.05, 0.1) is 5.69 Å². The van der Waals surface area contributed by atoms with Gasteiger partial charge in [-0.15, -0.1) is 0 Å². The number of carbonyl (C=O) groups excluding carboxylic acids is 1. The first-order valence-corrected chi connectivity index (χ1v) is 7.32. The molecule has 0 atom stereocenters. The molecular formula is C17H15N3O5. The van der Waals surface area contributed by atoms with E-state index in [2.05, 4.69) is 10.3 Å². The number of aromatic nitrogens is 2. The first-order chi connectivity index (χ1) is 12.1. The average Bonchev–Trinajstić information content (AvgIpc) is 3.04. The van der Waals surface area contributed by atoms with Crippen LogP contribution in [0.2, 0.25) is 0 Å². The normalized spacial score (nSPS) is 10.6. The van der Waals surface area contributed by atoms with Gasteiger partial charge in [0.15, 0.2) is 12.5 Å². The zero-order valence-corrected chi connectivity index (χ0v) is 13.3. The maximum Gasteiger partial charge on any atom is 0.356 e. The van der Waals surface area contributed by atoms with Gasteiger partial charge >= 0.3 is 5.97 Å². The van der Waals surface area contributed by atoms with Gasteiger partial charge in [-0.3, -0.25) is 4.79 Å². The standard InChI is InChI=1S/C17H15N3O5/c1-24-10-25-13-5-2-11(3-6-13)16(21)18-12-4-7-15-19-14(17(22)23)9-20(15)8-12/h2-9H,10H2,1H3,(H,18,21)(H,22,23). The predicted molar refractivity (Wildman–Crippen MR) is 89.1 cm³/mol. The number of hydrogen-bond donors (Lipinski definition) is 2. The molecule has 1 amide bonds. The van der Waals surface area contributed by atoms with Crippen molar-refractivity contribution >= 4 is 23.2 Å². The highest BCUT2D eigenvalue weighted by Crippen LogP contribution is 2.16. The number of fused-ring (bicyclic) bond motifs is 1. The Hall–Kier alpha value is -3.39. The molecule has 2 heterocycles. The van der Waals surface area contributed by atoms with Crippen LogP contribution in [0, 0.1) is 0 Å². The number of methoxy groups -OCH3 is 1. The molecule has 0 saturated heterocycles. The van der Waals surface area contributed by atoms with Gasteiger partial charge in [0.2, 0.25) is 0 Å². The van der Waals surface area contributed by atoms with Crippen molar-refractivity contribution in [1.82, 2.24) is 9.38 Å². The van der Waals surface area contributed by atoms with Gasteiger partial charge in [-0.05, 0) is 36.4 Å². The number of rotatable bonds is 6. The Morgan fingerprint density at radius 1 is 1.16 bits per heavy atom. The van der Waals surface area contributed by atoms with Crippen LogP contribution in [0.3, 0.4) is 0 Å². The summed E-state index contributed by atoms with van der Waals surface area (Å²) in [5.74, 6) is -0.805. The second-order valence-corrected chi connectivity index (χ2v) is 5.14. The van der Waals surface area contributed by atoms with Crippen molar-refractivity contribution in [2.24, 2.45) is 0 Å². The highest BCUT2D eigenvalue weighted by molar-refractivity contribution is 6.04. The molecule has 3 aromatic rings.